The average molecular weight is 431 g/mol. The smallest absolute Gasteiger partial charge is 0.0686 e. The van der Waals surface area contributed by atoms with E-state index in [1.54, 1.807) is 5.57 Å². The molecule has 4 aliphatic carbocycles. The summed E-state index contributed by atoms with van der Waals surface area (Å²) in [6, 6.07) is 0. The number of aliphatic hydroxyl groups is 3. The lowest BCUT2D eigenvalue weighted by molar-refractivity contribution is -0.0912. The summed E-state index contributed by atoms with van der Waals surface area (Å²) >= 11 is 0. The predicted octanol–water partition coefficient (Wildman–Crippen LogP) is 5.64. The molecule has 9 atom stereocenters. The molecule has 3 saturated carbocycles. The lowest BCUT2D eigenvalue weighted by Crippen LogP contribution is -2.55. The quantitative estimate of drug-likeness (QED) is 0.529. The summed E-state index contributed by atoms with van der Waals surface area (Å²) in [4.78, 5) is 0. The normalized spacial score (nSPS) is 45.8. The zero-order valence-electron chi connectivity index (χ0n) is 20.7. The Balaban J connectivity index is 1.55. The molecular weight excluding hydrogens is 384 g/mol. The SMILES string of the molecule is C[C@@H]1[C@H](O)CC2=CC=C3[C@@H]4CC[C@H]([C@H](C)CCCC(C)(C)O)[C@@]4(C)CC[C@@H]3[C@@]2(C)[C@H]1O. The largest absolute Gasteiger partial charge is 0.392 e. The van der Waals surface area contributed by atoms with Crippen LogP contribution in [0, 0.1) is 40.4 Å². The van der Waals surface area contributed by atoms with Gasteiger partial charge in [-0.3, -0.25) is 0 Å². The van der Waals surface area contributed by atoms with Crippen LogP contribution in [-0.2, 0) is 0 Å². The van der Waals surface area contributed by atoms with E-state index in [0.717, 1.165) is 25.2 Å². The van der Waals surface area contributed by atoms with Crippen molar-refractivity contribution in [2.75, 3.05) is 0 Å². The van der Waals surface area contributed by atoms with Crippen molar-refractivity contribution in [1.29, 1.82) is 0 Å². The maximum atomic E-state index is 11.3. The van der Waals surface area contributed by atoms with E-state index in [4.69, 9.17) is 0 Å². The molecular formula is C28H46O3. The van der Waals surface area contributed by atoms with E-state index >= 15 is 0 Å². The number of hydrogen-bond acceptors (Lipinski definition) is 3. The van der Waals surface area contributed by atoms with Gasteiger partial charge >= 0.3 is 0 Å². The summed E-state index contributed by atoms with van der Waals surface area (Å²) in [6.07, 6.45) is 12.6. The molecule has 0 aromatic carbocycles. The van der Waals surface area contributed by atoms with Crippen LogP contribution < -0.4 is 0 Å². The standard InChI is InChI=1S/C28H46O3/c1-17(8-7-14-26(3,4)31)21-11-12-22-20-10-9-19-16-24(29)18(2)25(30)28(19,6)23(20)13-15-27(21,22)5/h9-10,17-18,21-25,29-31H,7-8,11-16H2,1-6H3/t17-,18-,21-,22+,23+,24-,25+,27-,28+/m1/s1. The van der Waals surface area contributed by atoms with Crippen molar-refractivity contribution in [3.8, 4) is 0 Å². The van der Waals surface area contributed by atoms with Crippen LogP contribution >= 0.6 is 0 Å². The van der Waals surface area contributed by atoms with Gasteiger partial charge < -0.3 is 15.3 Å². The molecule has 0 aromatic rings. The highest BCUT2D eigenvalue weighted by Crippen LogP contribution is 2.66. The molecule has 31 heavy (non-hydrogen) atoms. The molecule has 4 rings (SSSR count). The Hall–Kier alpha value is -0.640. The summed E-state index contributed by atoms with van der Waals surface area (Å²) < 4.78 is 0. The molecule has 0 amide bonds. The Morgan fingerprint density at radius 1 is 1.10 bits per heavy atom. The van der Waals surface area contributed by atoms with Gasteiger partial charge in [0.2, 0.25) is 0 Å². The Bertz CT molecular complexity index is 746. The van der Waals surface area contributed by atoms with E-state index in [1.807, 2.05) is 20.8 Å². The van der Waals surface area contributed by atoms with Gasteiger partial charge in [-0.15, -0.1) is 0 Å². The van der Waals surface area contributed by atoms with Crippen molar-refractivity contribution >= 4 is 0 Å². The minimum absolute atomic E-state index is 0.0677. The van der Waals surface area contributed by atoms with Crippen LogP contribution in [0.3, 0.4) is 0 Å². The molecule has 0 unspecified atom stereocenters. The summed E-state index contributed by atoms with van der Waals surface area (Å²) in [5, 5.41) is 31.9. The third-order valence-corrected chi connectivity index (χ3v) is 10.4. The first kappa shape index (κ1) is 23.5. The molecule has 3 N–H and O–H groups in total. The highest BCUT2D eigenvalue weighted by atomic mass is 16.3. The van der Waals surface area contributed by atoms with Gasteiger partial charge in [-0.25, -0.2) is 0 Å². The van der Waals surface area contributed by atoms with E-state index in [9.17, 15) is 15.3 Å². The molecule has 0 bridgehead atoms. The van der Waals surface area contributed by atoms with Crippen LogP contribution in [0.2, 0.25) is 0 Å². The number of rotatable bonds is 5. The van der Waals surface area contributed by atoms with Crippen molar-refractivity contribution in [2.24, 2.45) is 40.4 Å². The second-order valence-electron chi connectivity index (χ2n) is 12.7. The molecule has 0 saturated heterocycles. The van der Waals surface area contributed by atoms with E-state index in [2.05, 4.69) is 32.9 Å². The first-order chi connectivity index (χ1) is 14.4. The highest BCUT2D eigenvalue weighted by Gasteiger charge is 2.59. The highest BCUT2D eigenvalue weighted by molar-refractivity contribution is 5.40. The maximum absolute atomic E-state index is 11.3. The molecule has 0 radical (unpaired) electrons. The van der Waals surface area contributed by atoms with E-state index in [1.165, 1.54) is 31.3 Å². The molecule has 3 nitrogen and oxygen atoms in total. The van der Waals surface area contributed by atoms with Crippen LogP contribution in [0.1, 0.15) is 92.9 Å². The van der Waals surface area contributed by atoms with Gasteiger partial charge in [-0.2, -0.15) is 0 Å². The van der Waals surface area contributed by atoms with Crippen LogP contribution in [0.5, 0.6) is 0 Å². The first-order valence-corrected chi connectivity index (χ1v) is 12.9. The molecule has 0 aromatic heterocycles. The molecule has 4 aliphatic rings. The molecule has 0 spiro atoms. The number of allylic oxidation sites excluding steroid dienone is 3. The molecule has 0 heterocycles. The Labute approximate surface area is 190 Å². The number of hydrogen-bond donors (Lipinski definition) is 3. The van der Waals surface area contributed by atoms with Crippen molar-refractivity contribution in [3.63, 3.8) is 0 Å². The first-order valence-electron chi connectivity index (χ1n) is 12.9. The molecule has 0 aliphatic heterocycles. The van der Waals surface area contributed by atoms with E-state index < -0.39 is 17.8 Å². The van der Waals surface area contributed by atoms with Crippen molar-refractivity contribution < 1.29 is 15.3 Å². The van der Waals surface area contributed by atoms with Gasteiger partial charge in [0.05, 0.1) is 17.8 Å². The summed E-state index contributed by atoms with van der Waals surface area (Å²) in [6.45, 7) is 13.1. The summed E-state index contributed by atoms with van der Waals surface area (Å²) in [7, 11) is 0. The van der Waals surface area contributed by atoms with E-state index in [0.29, 0.717) is 29.6 Å². The third-order valence-electron chi connectivity index (χ3n) is 10.4. The van der Waals surface area contributed by atoms with E-state index in [-0.39, 0.29) is 11.3 Å². The second-order valence-corrected chi connectivity index (χ2v) is 12.7. The molecule has 3 fully saturated rings. The average Bonchev–Trinajstić information content (AvgIpc) is 3.04. The number of fused-ring (bicyclic) bond motifs is 5. The van der Waals surface area contributed by atoms with Gasteiger partial charge in [0.15, 0.2) is 0 Å². The monoisotopic (exact) mass is 430 g/mol. The van der Waals surface area contributed by atoms with Crippen molar-refractivity contribution in [2.45, 2.75) is 111 Å². The van der Waals surface area contributed by atoms with Crippen LogP contribution in [0.15, 0.2) is 23.3 Å². The summed E-state index contributed by atoms with van der Waals surface area (Å²) in [5.41, 5.74) is 2.42. The predicted molar refractivity (Wildman–Crippen MR) is 126 cm³/mol. The maximum Gasteiger partial charge on any atom is 0.0686 e. The van der Waals surface area contributed by atoms with Gasteiger partial charge in [-0.05, 0) is 81.5 Å². The van der Waals surface area contributed by atoms with Gasteiger partial charge in [0.1, 0.15) is 0 Å². The molecule has 3 heteroatoms. The minimum Gasteiger partial charge on any atom is -0.392 e. The second kappa shape index (κ2) is 7.99. The fraction of sp³-hybridized carbons (Fsp3) is 0.857. The topological polar surface area (TPSA) is 60.7 Å². The molecule has 176 valence electrons. The van der Waals surface area contributed by atoms with Gasteiger partial charge in [0, 0.05) is 11.3 Å². The van der Waals surface area contributed by atoms with Crippen LogP contribution in [0.4, 0.5) is 0 Å². The Kier molecular flexibility index (Phi) is 6.06. The fourth-order valence-electron chi connectivity index (χ4n) is 8.36. The Morgan fingerprint density at radius 3 is 2.48 bits per heavy atom. The van der Waals surface area contributed by atoms with Gasteiger partial charge in [0.25, 0.3) is 0 Å². The minimum atomic E-state index is -0.558. The zero-order valence-corrected chi connectivity index (χ0v) is 20.7. The lowest BCUT2D eigenvalue weighted by Gasteiger charge is -2.57. The third kappa shape index (κ3) is 3.77. The van der Waals surface area contributed by atoms with Gasteiger partial charge in [-0.1, -0.05) is 63.8 Å². The van der Waals surface area contributed by atoms with Crippen LogP contribution in [-0.4, -0.2) is 33.1 Å². The van der Waals surface area contributed by atoms with Crippen molar-refractivity contribution in [1.82, 2.24) is 0 Å². The number of aliphatic hydroxyl groups excluding tert-OH is 2. The Morgan fingerprint density at radius 2 is 1.81 bits per heavy atom. The fourth-order valence-corrected chi connectivity index (χ4v) is 8.36. The van der Waals surface area contributed by atoms with Crippen LogP contribution in [0.25, 0.3) is 0 Å². The summed E-state index contributed by atoms with van der Waals surface area (Å²) in [5.74, 6) is 2.41. The zero-order chi connectivity index (χ0) is 22.8. The lowest BCUT2D eigenvalue weighted by atomic mass is 9.48. The van der Waals surface area contributed by atoms with Crippen molar-refractivity contribution in [3.05, 3.63) is 23.3 Å².